The summed E-state index contributed by atoms with van der Waals surface area (Å²) in [5, 5.41) is 2.64. The van der Waals surface area contributed by atoms with Gasteiger partial charge in [0.25, 0.3) is 5.91 Å². The van der Waals surface area contributed by atoms with Crippen LogP contribution in [0.5, 0.6) is 0 Å². The molecule has 1 atom stereocenters. The predicted octanol–water partition coefficient (Wildman–Crippen LogP) is 5.07. The molecule has 1 aliphatic heterocycles. The maximum atomic E-state index is 14.4. The zero-order chi connectivity index (χ0) is 20.7. The first kappa shape index (κ1) is 19.3. The van der Waals surface area contributed by atoms with Gasteiger partial charge >= 0.3 is 0 Å². The second kappa shape index (κ2) is 7.41. The molecular formula is C23H18ClFN2O2. The number of imide groups is 1. The molecule has 0 radical (unpaired) electrons. The molecule has 6 heteroatoms. The van der Waals surface area contributed by atoms with Gasteiger partial charge in [0, 0.05) is 27.9 Å². The molecule has 0 bridgehead atoms. The molecule has 1 aliphatic rings. The number of nitrogens with zero attached hydrogens (tertiary/aromatic N) is 1. The van der Waals surface area contributed by atoms with E-state index in [9.17, 15) is 14.0 Å². The summed E-state index contributed by atoms with van der Waals surface area (Å²) < 4.78 is 14.4. The molecule has 2 heterocycles. The number of halogens is 2. The van der Waals surface area contributed by atoms with Crippen molar-refractivity contribution in [1.29, 1.82) is 0 Å². The third kappa shape index (κ3) is 3.32. The van der Waals surface area contributed by atoms with Crippen molar-refractivity contribution in [3.05, 3.63) is 88.0 Å². The van der Waals surface area contributed by atoms with Crippen LogP contribution < -0.4 is 5.32 Å². The standard InChI is InChI=1S/C23H18ClFN2O2/c1-12(2)13-7-5-9-26-21(13)20-16-10-15(14-6-3-4-8-19(14)25)18(24)11-17(16)22(28)27-23(20)29/h3-12,20H,1-2H3,(H,27,28,29). The zero-order valence-corrected chi connectivity index (χ0v) is 16.6. The van der Waals surface area contributed by atoms with Gasteiger partial charge in [-0.2, -0.15) is 0 Å². The number of amides is 2. The number of carbonyl (C=O) groups excluding carboxylic acids is 2. The average Bonchev–Trinajstić information content (AvgIpc) is 2.69. The molecule has 146 valence electrons. The zero-order valence-electron chi connectivity index (χ0n) is 15.9. The van der Waals surface area contributed by atoms with Crippen molar-refractivity contribution in [2.24, 2.45) is 0 Å². The maximum Gasteiger partial charge on any atom is 0.258 e. The Morgan fingerprint density at radius 2 is 1.79 bits per heavy atom. The third-order valence-electron chi connectivity index (χ3n) is 5.12. The molecule has 1 N–H and O–H groups in total. The smallest absolute Gasteiger partial charge is 0.258 e. The molecule has 4 nitrogen and oxygen atoms in total. The van der Waals surface area contributed by atoms with Crippen LogP contribution in [0.1, 0.15) is 52.9 Å². The molecule has 0 fully saturated rings. The molecule has 0 saturated carbocycles. The van der Waals surface area contributed by atoms with Crippen LogP contribution >= 0.6 is 11.6 Å². The maximum absolute atomic E-state index is 14.4. The lowest BCUT2D eigenvalue weighted by Crippen LogP contribution is -2.41. The van der Waals surface area contributed by atoms with E-state index in [0.717, 1.165) is 5.56 Å². The van der Waals surface area contributed by atoms with Crippen LogP contribution in [0, 0.1) is 5.82 Å². The number of rotatable bonds is 3. The normalized spacial score (nSPS) is 16.0. The highest BCUT2D eigenvalue weighted by molar-refractivity contribution is 6.34. The number of hydrogen-bond donors (Lipinski definition) is 1. The van der Waals surface area contributed by atoms with E-state index in [1.807, 2.05) is 26.0 Å². The summed E-state index contributed by atoms with van der Waals surface area (Å²) in [5.41, 5.74) is 2.99. The fraction of sp³-hybridized carbons (Fsp3) is 0.174. The van der Waals surface area contributed by atoms with Crippen LogP contribution in [0.25, 0.3) is 11.1 Å². The second-order valence-electron chi connectivity index (χ2n) is 7.28. The van der Waals surface area contributed by atoms with E-state index in [0.29, 0.717) is 27.9 Å². The fourth-order valence-corrected chi connectivity index (χ4v) is 4.00. The summed E-state index contributed by atoms with van der Waals surface area (Å²) in [5.74, 6) is -2.07. The molecule has 0 spiro atoms. The van der Waals surface area contributed by atoms with Gasteiger partial charge in [0.15, 0.2) is 0 Å². The number of nitrogens with one attached hydrogen (secondary N) is 1. The third-order valence-corrected chi connectivity index (χ3v) is 5.44. The van der Waals surface area contributed by atoms with E-state index < -0.39 is 23.5 Å². The van der Waals surface area contributed by atoms with Crippen LogP contribution in [-0.2, 0) is 4.79 Å². The minimum Gasteiger partial charge on any atom is -0.291 e. The van der Waals surface area contributed by atoms with Gasteiger partial charge in [-0.25, -0.2) is 4.39 Å². The van der Waals surface area contributed by atoms with E-state index >= 15 is 0 Å². The number of benzene rings is 2. The first-order valence-electron chi connectivity index (χ1n) is 9.26. The SMILES string of the molecule is CC(C)c1cccnc1C1C(=O)NC(=O)c2cc(Cl)c(-c3ccccc3F)cc21. The van der Waals surface area contributed by atoms with Gasteiger partial charge in [0.05, 0.1) is 5.69 Å². The Hall–Kier alpha value is -3.05. The summed E-state index contributed by atoms with van der Waals surface area (Å²) in [6.07, 6.45) is 1.62. The van der Waals surface area contributed by atoms with Crippen molar-refractivity contribution in [2.75, 3.05) is 0 Å². The van der Waals surface area contributed by atoms with E-state index in [2.05, 4.69) is 10.3 Å². The van der Waals surface area contributed by atoms with Crippen molar-refractivity contribution < 1.29 is 14.0 Å². The molecule has 0 aliphatic carbocycles. The highest BCUT2D eigenvalue weighted by atomic mass is 35.5. The van der Waals surface area contributed by atoms with Crippen molar-refractivity contribution >= 4 is 23.4 Å². The molecular weight excluding hydrogens is 391 g/mol. The first-order valence-corrected chi connectivity index (χ1v) is 9.64. The molecule has 4 rings (SSSR count). The quantitative estimate of drug-likeness (QED) is 0.616. The minimum atomic E-state index is -0.788. The Balaban J connectivity index is 1.98. The van der Waals surface area contributed by atoms with Crippen molar-refractivity contribution in [3.8, 4) is 11.1 Å². The van der Waals surface area contributed by atoms with Crippen LogP contribution in [-0.4, -0.2) is 16.8 Å². The van der Waals surface area contributed by atoms with Gasteiger partial charge in [-0.3, -0.25) is 19.9 Å². The lowest BCUT2D eigenvalue weighted by Gasteiger charge is -2.27. The monoisotopic (exact) mass is 408 g/mol. The van der Waals surface area contributed by atoms with Crippen molar-refractivity contribution in [2.45, 2.75) is 25.7 Å². The summed E-state index contributed by atoms with van der Waals surface area (Å²) in [6, 6.07) is 13.1. The fourth-order valence-electron chi connectivity index (χ4n) is 3.73. The number of aromatic nitrogens is 1. The first-order chi connectivity index (χ1) is 13.9. The predicted molar refractivity (Wildman–Crippen MR) is 109 cm³/mol. The summed E-state index contributed by atoms with van der Waals surface area (Å²) in [4.78, 5) is 29.8. The number of hydrogen-bond acceptors (Lipinski definition) is 3. The van der Waals surface area contributed by atoms with Gasteiger partial charge in [0.2, 0.25) is 5.91 Å². The molecule has 1 unspecified atom stereocenters. The highest BCUT2D eigenvalue weighted by Crippen LogP contribution is 2.39. The highest BCUT2D eigenvalue weighted by Gasteiger charge is 2.37. The van der Waals surface area contributed by atoms with E-state index in [1.54, 1.807) is 30.5 Å². The van der Waals surface area contributed by atoms with Crippen molar-refractivity contribution in [1.82, 2.24) is 10.3 Å². The average molecular weight is 409 g/mol. The Morgan fingerprint density at radius 1 is 1.03 bits per heavy atom. The minimum absolute atomic E-state index is 0.130. The molecule has 2 aromatic carbocycles. The summed E-state index contributed by atoms with van der Waals surface area (Å²) in [6.45, 7) is 4.03. The molecule has 29 heavy (non-hydrogen) atoms. The Kier molecular flexibility index (Phi) is 4.92. The summed E-state index contributed by atoms with van der Waals surface area (Å²) >= 11 is 6.40. The molecule has 3 aromatic rings. The van der Waals surface area contributed by atoms with Crippen LogP contribution in [0.3, 0.4) is 0 Å². The number of fused-ring (bicyclic) bond motifs is 1. The Bertz CT molecular complexity index is 1140. The van der Waals surface area contributed by atoms with Crippen LogP contribution in [0.2, 0.25) is 5.02 Å². The largest absolute Gasteiger partial charge is 0.291 e. The van der Waals surface area contributed by atoms with Gasteiger partial charge in [-0.1, -0.05) is 49.7 Å². The van der Waals surface area contributed by atoms with E-state index in [1.165, 1.54) is 12.1 Å². The van der Waals surface area contributed by atoms with Gasteiger partial charge in [-0.05, 0) is 41.3 Å². The Morgan fingerprint density at radius 3 is 2.52 bits per heavy atom. The van der Waals surface area contributed by atoms with E-state index in [4.69, 9.17) is 11.6 Å². The molecule has 2 amide bonds. The number of pyridine rings is 1. The van der Waals surface area contributed by atoms with Crippen molar-refractivity contribution in [3.63, 3.8) is 0 Å². The Labute approximate surface area is 172 Å². The number of carbonyl (C=O) groups is 2. The topological polar surface area (TPSA) is 59.1 Å². The van der Waals surface area contributed by atoms with Crippen LogP contribution in [0.4, 0.5) is 4.39 Å². The van der Waals surface area contributed by atoms with Crippen LogP contribution in [0.15, 0.2) is 54.7 Å². The van der Waals surface area contributed by atoms with Gasteiger partial charge in [-0.15, -0.1) is 0 Å². The van der Waals surface area contributed by atoms with Gasteiger partial charge < -0.3 is 0 Å². The molecule has 0 saturated heterocycles. The molecule has 1 aromatic heterocycles. The second-order valence-corrected chi connectivity index (χ2v) is 7.69. The lowest BCUT2D eigenvalue weighted by atomic mass is 9.82. The van der Waals surface area contributed by atoms with Gasteiger partial charge in [0.1, 0.15) is 11.7 Å². The van der Waals surface area contributed by atoms with E-state index in [-0.39, 0.29) is 10.9 Å². The summed E-state index contributed by atoms with van der Waals surface area (Å²) in [7, 11) is 0. The lowest BCUT2D eigenvalue weighted by molar-refractivity contribution is -0.121.